The van der Waals surface area contributed by atoms with Gasteiger partial charge >= 0.3 is 0 Å². The molecule has 6 nitrogen and oxygen atoms in total. The first-order chi connectivity index (χ1) is 9.31. The lowest BCUT2D eigenvalue weighted by molar-refractivity contribution is -0.131. The summed E-state index contributed by atoms with van der Waals surface area (Å²) in [5, 5.41) is 6.78. The van der Waals surface area contributed by atoms with E-state index in [-0.39, 0.29) is 5.91 Å². The number of aromatic nitrogens is 3. The van der Waals surface area contributed by atoms with Gasteiger partial charge in [0.25, 0.3) is 5.91 Å². The Labute approximate surface area is 111 Å². The highest BCUT2D eigenvalue weighted by Gasteiger charge is 2.18. The maximum absolute atomic E-state index is 12.0. The Morgan fingerprint density at radius 3 is 2.84 bits per heavy atom. The number of carbonyl (C=O) groups excluding carboxylic acids is 1. The first-order valence-corrected chi connectivity index (χ1v) is 5.99. The van der Waals surface area contributed by atoms with Gasteiger partial charge in [-0.1, -0.05) is 30.3 Å². The lowest BCUT2D eigenvalue weighted by Gasteiger charge is -2.15. The van der Waals surface area contributed by atoms with Gasteiger partial charge in [0.1, 0.15) is 12.7 Å². The van der Waals surface area contributed by atoms with E-state index in [9.17, 15) is 4.79 Å². The smallest absolute Gasteiger partial charge is 0.253 e. The van der Waals surface area contributed by atoms with Crippen LogP contribution in [0, 0.1) is 0 Å². The summed E-state index contributed by atoms with van der Waals surface area (Å²) in [4.78, 5) is 15.9. The van der Waals surface area contributed by atoms with Gasteiger partial charge in [0.15, 0.2) is 6.10 Å². The number of nitrogens with one attached hydrogen (secondary N) is 1. The Balaban J connectivity index is 1.87. The third-order valence-electron chi connectivity index (χ3n) is 2.68. The molecule has 1 atom stereocenters. The second-order valence-corrected chi connectivity index (χ2v) is 3.98. The zero-order chi connectivity index (χ0) is 13.5. The van der Waals surface area contributed by atoms with Crippen molar-refractivity contribution in [1.82, 2.24) is 20.1 Å². The third kappa shape index (κ3) is 3.62. The van der Waals surface area contributed by atoms with E-state index in [2.05, 4.69) is 15.4 Å². The molecule has 2 rings (SSSR count). The molecule has 0 aliphatic carbocycles. The first-order valence-electron chi connectivity index (χ1n) is 5.99. The number of nitrogens with zero attached hydrogens (tertiary/aromatic N) is 3. The third-order valence-corrected chi connectivity index (χ3v) is 2.68. The molecule has 1 heterocycles. The van der Waals surface area contributed by atoms with Crippen molar-refractivity contribution in [2.24, 2.45) is 0 Å². The zero-order valence-electron chi connectivity index (χ0n) is 10.7. The molecule has 0 saturated heterocycles. The van der Waals surface area contributed by atoms with Crippen molar-refractivity contribution in [2.75, 3.05) is 13.7 Å². The number of amides is 1. The Morgan fingerprint density at radius 1 is 1.42 bits per heavy atom. The summed E-state index contributed by atoms with van der Waals surface area (Å²) in [5.41, 5.74) is 0.836. The van der Waals surface area contributed by atoms with Gasteiger partial charge in [0.05, 0.1) is 6.54 Å². The molecule has 1 amide bonds. The van der Waals surface area contributed by atoms with E-state index in [1.54, 1.807) is 11.0 Å². The highest BCUT2D eigenvalue weighted by Crippen LogP contribution is 2.15. The van der Waals surface area contributed by atoms with Gasteiger partial charge in [-0.2, -0.15) is 5.10 Å². The predicted octanol–water partition coefficient (Wildman–Crippen LogP) is 0.782. The fourth-order valence-corrected chi connectivity index (χ4v) is 1.76. The average molecular weight is 260 g/mol. The Hall–Kier alpha value is -2.21. The van der Waals surface area contributed by atoms with Gasteiger partial charge < -0.3 is 10.1 Å². The van der Waals surface area contributed by atoms with Crippen LogP contribution in [-0.4, -0.2) is 34.3 Å². The van der Waals surface area contributed by atoms with Crippen LogP contribution in [0.2, 0.25) is 0 Å². The molecule has 2 aromatic rings. The second-order valence-electron chi connectivity index (χ2n) is 3.98. The largest absolute Gasteiger partial charge is 0.367 e. The summed E-state index contributed by atoms with van der Waals surface area (Å²) in [6.45, 7) is 1.06. The lowest BCUT2D eigenvalue weighted by atomic mass is 10.1. The molecule has 1 aromatic heterocycles. The maximum atomic E-state index is 12.0. The van der Waals surface area contributed by atoms with Crippen LogP contribution in [0.4, 0.5) is 0 Å². The van der Waals surface area contributed by atoms with Crippen molar-refractivity contribution >= 4 is 5.91 Å². The fraction of sp³-hybridized carbons (Fsp3) is 0.308. The molecule has 0 bridgehead atoms. The standard InChI is InChI=1S/C13H16N4O2/c1-19-12(11-5-3-2-4-6-11)13(18)15-7-8-17-10-14-9-16-17/h2-6,9-10,12H,7-8H2,1H3,(H,15,18)/t12-/m1/s1. The molecule has 19 heavy (non-hydrogen) atoms. The minimum Gasteiger partial charge on any atom is -0.367 e. The molecule has 0 fully saturated rings. The zero-order valence-corrected chi connectivity index (χ0v) is 10.7. The Bertz CT molecular complexity index is 499. The van der Waals surface area contributed by atoms with E-state index in [1.165, 1.54) is 13.4 Å². The number of benzene rings is 1. The molecule has 6 heteroatoms. The molecular formula is C13H16N4O2. The van der Waals surface area contributed by atoms with Crippen LogP contribution >= 0.6 is 0 Å². The van der Waals surface area contributed by atoms with Crippen molar-refractivity contribution in [3.05, 3.63) is 48.5 Å². The number of ether oxygens (including phenoxy) is 1. The van der Waals surface area contributed by atoms with E-state index in [0.717, 1.165) is 5.56 Å². The van der Waals surface area contributed by atoms with Crippen LogP contribution in [0.1, 0.15) is 11.7 Å². The molecule has 1 aromatic carbocycles. The molecule has 1 N–H and O–H groups in total. The number of carbonyl (C=O) groups is 1. The van der Waals surface area contributed by atoms with Crippen molar-refractivity contribution in [1.29, 1.82) is 0 Å². The minimum absolute atomic E-state index is 0.159. The van der Waals surface area contributed by atoms with Crippen LogP contribution in [0.3, 0.4) is 0 Å². The normalized spacial score (nSPS) is 12.1. The maximum Gasteiger partial charge on any atom is 0.253 e. The monoisotopic (exact) mass is 260 g/mol. The van der Waals surface area contributed by atoms with Crippen LogP contribution in [-0.2, 0) is 16.1 Å². The quantitative estimate of drug-likeness (QED) is 0.833. The van der Waals surface area contributed by atoms with Gasteiger partial charge in [-0.15, -0.1) is 0 Å². The van der Waals surface area contributed by atoms with E-state index in [1.807, 2.05) is 30.3 Å². The van der Waals surface area contributed by atoms with E-state index in [4.69, 9.17) is 4.74 Å². The van der Waals surface area contributed by atoms with Crippen LogP contribution in [0.15, 0.2) is 43.0 Å². The second kappa shape index (κ2) is 6.65. The van der Waals surface area contributed by atoms with Crippen molar-refractivity contribution < 1.29 is 9.53 Å². The van der Waals surface area contributed by atoms with Gasteiger partial charge in [-0.3, -0.25) is 9.48 Å². The van der Waals surface area contributed by atoms with Crippen LogP contribution in [0.25, 0.3) is 0 Å². The highest BCUT2D eigenvalue weighted by molar-refractivity contribution is 5.82. The molecule has 100 valence electrons. The average Bonchev–Trinajstić information content (AvgIpc) is 2.94. The van der Waals surface area contributed by atoms with Crippen molar-refractivity contribution in [3.63, 3.8) is 0 Å². The topological polar surface area (TPSA) is 69.0 Å². The molecule has 0 saturated carbocycles. The fourth-order valence-electron chi connectivity index (χ4n) is 1.76. The first kappa shape index (κ1) is 13.2. The SMILES string of the molecule is CO[C@@H](C(=O)NCCn1cncn1)c1ccccc1. The van der Waals surface area contributed by atoms with E-state index < -0.39 is 6.10 Å². The molecule has 0 spiro atoms. The molecule has 0 radical (unpaired) electrons. The summed E-state index contributed by atoms with van der Waals surface area (Å²) in [6.07, 6.45) is 2.48. The molecule has 0 unspecified atom stereocenters. The molecule has 0 aliphatic heterocycles. The Kier molecular flexibility index (Phi) is 4.63. The van der Waals surface area contributed by atoms with E-state index >= 15 is 0 Å². The molecular weight excluding hydrogens is 244 g/mol. The lowest BCUT2D eigenvalue weighted by Crippen LogP contribution is -2.32. The van der Waals surface area contributed by atoms with Crippen LogP contribution < -0.4 is 5.32 Å². The van der Waals surface area contributed by atoms with Gasteiger partial charge in [-0.05, 0) is 5.56 Å². The summed E-state index contributed by atoms with van der Waals surface area (Å²) in [6, 6.07) is 9.39. The minimum atomic E-state index is -0.586. The van der Waals surface area contributed by atoms with Gasteiger partial charge in [-0.25, -0.2) is 4.98 Å². The van der Waals surface area contributed by atoms with Crippen molar-refractivity contribution in [3.8, 4) is 0 Å². The summed E-state index contributed by atoms with van der Waals surface area (Å²) in [7, 11) is 1.52. The van der Waals surface area contributed by atoms with Crippen molar-refractivity contribution in [2.45, 2.75) is 12.6 Å². The predicted molar refractivity (Wildman–Crippen MR) is 69.2 cm³/mol. The highest BCUT2D eigenvalue weighted by atomic mass is 16.5. The van der Waals surface area contributed by atoms with Gasteiger partial charge in [0, 0.05) is 13.7 Å². The number of methoxy groups -OCH3 is 1. The summed E-state index contributed by atoms with van der Waals surface area (Å²) >= 11 is 0. The van der Waals surface area contributed by atoms with Crippen LogP contribution in [0.5, 0.6) is 0 Å². The summed E-state index contributed by atoms with van der Waals surface area (Å²) in [5.74, 6) is -0.159. The Morgan fingerprint density at radius 2 is 2.21 bits per heavy atom. The number of hydrogen-bond acceptors (Lipinski definition) is 4. The number of hydrogen-bond donors (Lipinski definition) is 1. The van der Waals surface area contributed by atoms with Gasteiger partial charge in [0.2, 0.25) is 0 Å². The summed E-state index contributed by atoms with van der Waals surface area (Å²) < 4.78 is 6.90. The van der Waals surface area contributed by atoms with E-state index in [0.29, 0.717) is 13.1 Å². The number of rotatable bonds is 6. The molecule has 0 aliphatic rings.